The van der Waals surface area contributed by atoms with Gasteiger partial charge in [-0.3, -0.25) is 4.79 Å². The van der Waals surface area contributed by atoms with Crippen LogP contribution in [0.5, 0.6) is 0 Å². The van der Waals surface area contributed by atoms with Crippen LogP contribution in [-0.4, -0.2) is 38.2 Å². The van der Waals surface area contributed by atoms with E-state index in [-0.39, 0.29) is 73.5 Å². The maximum absolute atomic E-state index is 12.3. The van der Waals surface area contributed by atoms with Gasteiger partial charge in [-0.05, 0) is 34.4 Å². The fourth-order valence-corrected chi connectivity index (χ4v) is 4.49. The van der Waals surface area contributed by atoms with Crippen molar-refractivity contribution in [2.75, 3.05) is 22.6 Å². The van der Waals surface area contributed by atoms with E-state index in [9.17, 15) is 57.5 Å². The Bertz CT molecular complexity index is 1200. The number of halogens is 14. The van der Waals surface area contributed by atoms with Gasteiger partial charge in [0.1, 0.15) is 14.1 Å². The van der Waals surface area contributed by atoms with E-state index in [0.29, 0.717) is 9.87 Å². The number of nitrogens with two attached hydrogens (primary N) is 1. The summed E-state index contributed by atoms with van der Waals surface area (Å²) in [6.07, 6.45) is -7.86. The molecule has 24 heteroatoms. The van der Waals surface area contributed by atoms with E-state index in [1.54, 1.807) is 17.0 Å². The molecule has 1 aromatic heterocycles. The van der Waals surface area contributed by atoms with Crippen molar-refractivity contribution in [3.63, 3.8) is 0 Å². The molecule has 0 unspecified atom stereocenters. The molecule has 0 bridgehead atoms. The van der Waals surface area contributed by atoms with Crippen molar-refractivity contribution >= 4 is 121 Å². The van der Waals surface area contributed by atoms with Crippen LogP contribution in [0.25, 0.3) is 0 Å². The molecule has 0 aromatic carbocycles. The van der Waals surface area contributed by atoms with Crippen molar-refractivity contribution in [1.29, 1.82) is 5.26 Å². The second-order valence-electron chi connectivity index (χ2n) is 6.67. The third kappa shape index (κ3) is 49.3. The number of nitrogens with zero attached hydrogens (tertiary/aromatic N) is 2. The molecule has 0 aliphatic rings. The number of allylic oxidation sites excluding steroid dienone is 5. The number of thiocyanates is 1. The zero-order valence-corrected chi connectivity index (χ0v) is 32.6. The summed E-state index contributed by atoms with van der Waals surface area (Å²) in [6, 6.07) is 0. The maximum atomic E-state index is 12.3. The minimum atomic E-state index is -2.29. The molecule has 0 radical (unpaired) electrons. The van der Waals surface area contributed by atoms with E-state index < -0.39 is 47.6 Å². The van der Waals surface area contributed by atoms with Crippen LogP contribution >= 0.6 is 111 Å². The number of alkyl halides is 1. The highest BCUT2D eigenvalue weighted by Crippen LogP contribution is 2.24. The van der Waals surface area contributed by atoms with E-state index >= 15 is 0 Å². The molecular formula is C25H29BrF12IN3OS6. The van der Waals surface area contributed by atoms with Crippen LogP contribution in [-0.2, 0) is 4.79 Å². The van der Waals surface area contributed by atoms with Crippen LogP contribution in [0.4, 0.5) is 52.7 Å². The topological polar surface area (TPSA) is 79.8 Å². The van der Waals surface area contributed by atoms with E-state index in [1.807, 2.05) is 22.6 Å². The quantitative estimate of drug-likeness (QED) is 0.0241. The molecule has 1 aromatic rings. The van der Waals surface area contributed by atoms with Crippen LogP contribution in [0.1, 0.15) is 33.1 Å². The van der Waals surface area contributed by atoms with Crippen molar-refractivity contribution in [1.82, 2.24) is 4.98 Å². The normalized spacial score (nSPS) is 8.67. The van der Waals surface area contributed by atoms with Gasteiger partial charge in [-0.1, -0.05) is 65.7 Å². The van der Waals surface area contributed by atoms with Gasteiger partial charge >= 0.3 is 24.3 Å². The standard InChI is InChI=1S/C7H6F3NS2.C5H6F3NS2.C5H4F3NS.C4H4BrF3.C3H3IO.CH4.H2S/c8-5(6(9)10)1-3-12-7-11-2-4-13-7;6-3(4(7)8)1-2-11-5(9)10;6-4(5(7)8)1-2-10-3-9;5-2-1-3(6)4(7)8;1-3(4)2-5;;/h2,4H,1,3H2;1-2H2,(H2,9,10);1-2H2;1-2H2;2H,1H2;1H4;1H2. The molecule has 0 atom stereocenters. The molecule has 2 N–H and O–H groups in total. The summed E-state index contributed by atoms with van der Waals surface area (Å²) in [5.41, 5.74) is 5.02. The van der Waals surface area contributed by atoms with Crippen LogP contribution in [0.2, 0.25) is 0 Å². The SMILES string of the molecule is C.C=C(I)C=O.FC(F)=C(F)CCBr.FC(F)=C(F)CCSc1nccs1.N#CSCCC(F)=C(F)F.NC(=S)SCCC(F)=C(F)F.S. The Morgan fingerprint density at radius 2 is 1.29 bits per heavy atom. The van der Waals surface area contributed by atoms with Crippen LogP contribution in [0.15, 0.2) is 73.7 Å². The number of hydrogen-bond acceptors (Lipinski definition) is 8. The van der Waals surface area contributed by atoms with Gasteiger partial charge in [-0.2, -0.15) is 53.9 Å². The van der Waals surface area contributed by atoms with Gasteiger partial charge in [0, 0.05) is 63.4 Å². The van der Waals surface area contributed by atoms with Crippen molar-refractivity contribution in [3.8, 4) is 5.40 Å². The van der Waals surface area contributed by atoms with Crippen molar-refractivity contribution in [2.45, 2.75) is 37.4 Å². The van der Waals surface area contributed by atoms with E-state index in [4.69, 9.17) is 11.0 Å². The largest absolute Gasteiger partial charge is 0.385 e. The van der Waals surface area contributed by atoms with Gasteiger partial charge in [-0.15, -0.1) is 11.3 Å². The Hall–Kier alpha value is -0.850. The molecular weight excluding hydrogens is 985 g/mol. The fraction of sp³-hybridized carbons (Fsp3) is 0.360. The Balaban J connectivity index is -0.000000120. The third-order valence-corrected chi connectivity index (χ3v) is 7.47. The lowest BCUT2D eigenvalue weighted by Crippen LogP contribution is -2.02. The van der Waals surface area contributed by atoms with Crippen molar-refractivity contribution in [2.24, 2.45) is 5.73 Å². The first kappa shape index (κ1) is 60.3. The number of rotatable bonds is 13. The minimum Gasteiger partial charge on any atom is -0.385 e. The Morgan fingerprint density at radius 3 is 1.57 bits per heavy atom. The summed E-state index contributed by atoms with van der Waals surface area (Å²) >= 11 is 13.5. The lowest BCUT2D eigenvalue weighted by Gasteiger charge is -1.95. The highest BCUT2D eigenvalue weighted by Gasteiger charge is 2.06. The van der Waals surface area contributed by atoms with Gasteiger partial charge in [0.05, 0.1) is 0 Å². The number of thioether (sulfide) groups is 3. The number of aromatic nitrogens is 1. The van der Waals surface area contributed by atoms with Gasteiger partial charge in [0.2, 0.25) is 0 Å². The first-order valence-corrected chi connectivity index (χ1v) is 17.9. The summed E-state index contributed by atoms with van der Waals surface area (Å²) in [5.74, 6) is -4.98. The number of carbonyl (C=O) groups excluding carboxylic acids is 1. The van der Waals surface area contributed by atoms with Gasteiger partial charge in [0.25, 0.3) is 0 Å². The van der Waals surface area contributed by atoms with Gasteiger partial charge in [-0.25, -0.2) is 22.5 Å². The summed E-state index contributed by atoms with van der Waals surface area (Å²) in [7, 11) is 0. The molecule has 284 valence electrons. The molecule has 0 saturated carbocycles. The Kier molecular flexibility index (Phi) is 51.1. The maximum Gasteiger partial charge on any atom is 0.301 e. The minimum absolute atomic E-state index is 0. The summed E-state index contributed by atoms with van der Waals surface area (Å²) in [6.45, 7) is 3.29. The van der Waals surface area contributed by atoms with E-state index in [0.717, 1.165) is 27.9 Å². The Morgan fingerprint density at radius 1 is 0.898 bits per heavy atom. The van der Waals surface area contributed by atoms with Gasteiger partial charge in [0.15, 0.2) is 29.6 Å². The number of nitriles is 1. The van der Waals surface area contributed by atoms with E-state index in [1.165, 1.54) is 23.1 Å². The van der Waals surface area contributed by atoms with E-state index in [2.05, 4.69) is 39.7 Å². The predicted molar refractivity (Wildman–Crippen MR) is 200 cm³/mol. The van der Waals surface area contributed by atoms with Crippen molar-refractivity contribution < 1.29 is 57.5 Å². The lowest BCUT2D eigenvalue weighted by molar-refractivity contribution is -0.104. The van der Waals surface area contributed by atoms with Gasteiger partial charge < -0.3 is 5.73 Å². The monoisotopic (exact) mass is 1010 g/mol. The zero-order valence-electron chi connectivity index (χ0n) is 23.8. The molecule has 0 aliphatic carbocycles. The summed E-state index contributed by atoms with van der Waals surface area (Å²) in [5, 5.41) is 11.6. The molecule has 0 amide bonds. The van der Waals surface area contributed by atoms with Crippen LogP contribution in [0.3, 0.4) is 0 Å². The van der Waals surface area contributed by atoms with Crippen molar-refractivity contribution in [3.05, 3.63) is 69.4 Å². The first-order chi connectivity index (χ1) is 21.9. The summed E-state index contributed by atoms with van der Waals surface area (Å²) < 4.78 is 140. The summed E-state index contributed by atoms with van der Waals surface area (Å²) in [4.78, 5) is 13.3. The second kappa shape index (κ2) is 41.6. The lowest BCUT2D eigenvalue weighted by atomic mass is 10.4. The van der Waals surface area contributed by atoms with Crippen LogP contribution in [0, 0.1) is 10.7 Å². The zero-order chi connectivity index (χ0) is 37.4. The molecule has 0 aliphatic heterocycles. The second-order valence-corrected chi connectivity index (χ2v) is 13.8. The smallest absolute Gasteiger partial charge is 0.301 e. The highest BCUT2D eigenvalue weighted by atomic mass is 127. The molecule has 1 rings (SSSR count). The first-order valence-electron chi connectivity index (χ1n) is 11.5. The number of hydrogen-bond donors (Lipinski definition) is 1. The number of thiazole rings is 1. The predicted octanol–water partition coefficient (Wildman–Crippen LogP) is 13.5. The number of carbonyl (C=O) groups is 1. The Labute approximate surface area is 327 Å². The average Bonchev–Trinajstić information content (AvgIpc) is 3.51. The highest BCUT2D eigenvalue weighted by molar-refractivity contribution is 14.1. The number of thiocarbonyl (C=S) groups is 1. The third-order valence-electron chi connectivity index (χ3n) is 3.27. The molecule has 0 spiro atoms. The molecule has 0 saturated heterocycles. The number of aldehydes is 1. The van der Waals surface area contributed by atoms with Crippen LogP contribution < -0.4 is 5.73 Å². The molecule has 1 heterocycles. The molecule has 4 nitrogen and oxygen atoms in total. The molecule has 49 heavy (non-hydrogen) atoms. The average molecular weight is 1010 g/mol. The fourth-order valence-electron chi connectivity index (χ4n) is 1.40. The molecule has 0 fully saturated rings.